The Balaban J connectivity index is 2.58. The molecular formula is C14H16ClNO5. The second kappa shape index (κ2) is 8.36. The normalized spacial score (nSPS) is 10.3. The summed E-state index contributed by atoms with van der Waals surface area (Å²) in [6.45, 7) is 0. The minimum atomic E-state index is -0.802. The number of halogens is 1. The molecule has 0 aliphatic carbocycles. The number of carboxylic acid groups (broad SMARTS) is 1. The highest BCUT2D eigenvalue weighted by Crippen LogP contribution is 2.29. The fraction of sp³-hybridized carbons (Fsp3) is 0.429. The minimum absolute atomic E-state index is 0.0926. The van der Waals surface area contributed by atoms with Crippen LogP contribution in [0.25, 0.3) is 0 Å². The van der Waals surface area contributed by atoms with Crippen molar-refractivity contribution in [3.8, 4) is 0 Å². The fourth-order valence-electron chi connectivity index (χ4n) is 2.04. The first-order chi connectivity index (χ1) is 9.97. The largest absolute Gasteiger partial charge is 0.481 e. The van der Waals surface area contributed by atoms with Gasteiger partial charge in [-0.1, -0.05) is 30.5 Å². The Hall–Kier alpha value is -1.95. The Kier molecular flexibility index (Phi) is 6.81. The zero-order valence-corrected chi connectivity index (χ0v) is 12.1. The Bertz CT molecular complexity index is 544. The predicted octanol–water partition coefficient (Wildman–Crippen LogP) is 3.64. The van der Waals surface area contributed by atoms with Gasteiger partial charge in [-0.25, -0.2) is 0 Å². The number of hydrogen-bond acceptors (Lipinski definition) is 4. The number of carboxylic acids is 1. The van der Waals surface area contributed by atoms with Gasteiger partial charge in [0.15, 0.2) is 6.29 Å². The number of carbonyl (C=O) groups is 2. The molecule has 1 aromatic rings. The number of nitrogens with zero attached hydrogens (tertiary/aromatic N) is 1. The van der Waals surface area contributed by atoms with Gasteiger partial charge in [0.1, 0.15) is 5.56 Å². The first-order valence-electron chi connectivity index (χ1n) is 6.60. The van der Waals surface area contributed by atoms with Crippen LogP contribution in [0.15, 0.2) is 12.1 Å². The number of nitro benzene ring substituents is 1. The topological polar surface area (TPSA) is 97.5 Å². The summed E-state index contributed by atoms with van der Waals surface area (Å²) in [4.78, 5) is 31.4. The van der Waals surface area contributed by atoms with Gasteiger partial charge in [-0.3, -0.25) is 19.7 Å². The van der Waals surface area contributed by atoms with Crippen molar-refractivity contribution in [3.63, 3.8) is 0 Å². The molecule has 0 aliphatic heterocycles. The fourth-order valence-corrected chi connectivity index (χ4v) is 2.34. The van der Waals surface area contributed by atoms with E-state index in [1.807, 2.05) is 0 Å². The van der Waals surface area contributed by atoms with Crippen LogP contribution in [0.5, 0.6) is 0 Å². The van der Waals surface area contributed by atoms with E-state index in [0.29, 0.717) is 24.7 Å². The molecule has 114 valence electrons. The van der Waals surface area contributed by atoms with Crippen molar-refractivity contribution < 1.29 is 19.6 Å². The number of nitro groups is 1. The van der Waals surface area contributed by atoms with E-state index in [1.165, 1.54) is 6.07 Å². The molecule has 0 fully saturated rings. The van der Waals surface area contributed by atoms with Crippen molar-refractivity contribution in [3.05, 3.63) is 38.4 Å². The summed E-state index contributed by atoms with van der Waals surface area (Å²) in [5.74, 6) is -0.802. The van der Waals surface area contributed by atoms with Crippen LogP contribution in [0, 0.1) is 10.1 Å². The van der Waals surface area contributed by atoms with Crippen LogP contribution in [0.4, 0.5) is 5.69 Å². The maximum atomic E-state index is 10.9. The summed E-state index contributed by atoms with van der Waals surface area (Å²) >= 11 is 6.03. The van der Waals surface area contributed by atoms with E-state index in [1.54, 1.807) is 6.07 Å². The molecule has 0 aliphatic rings. The van der Waals surface area contributed by atoms with Crippen molar-refractivity contribution in [2.24, 2.45) is 0 Å². The molecule has 0 saturated carbocycles. The smallest absolute Gasteiger partial charge is 0.303 e. The van der Waals surface area contributed by atoms with Crippen molar-refractivity contribution >= 4 is 29.5 Å². The van der Waals surface area contributed by atoms with Gasteiger partial charge >= 0.3 is 5.97 Å². The zero-order valence-electron chi connectivity index (χ0n) is 11.4. The van der Waals surface area contributed by atoms with Gasteiger partial charge in [0.05, 0.1) is 9.95 Å². The highest BCUT2D eigenvalue weighted by atomic mass is 35.5. The molecule has 1 rings (SSSR count). The Morgan fingerprint density at radius 2 is 1.95 bits per heavy atom. The van der Waals surface area contributed by atoms with Crippen LogP contribution in [0.3, 0.4) is 0 Å². The lowest BCUT2D eigenvalue weighted by Gasteiger charge is -2.06. The van der Waals surface area contributed by atoms with Gasteiger partial charge in [0.25, 0.3) is 5.69 Å². The van der Waals surface area contributed by atoms with Crippen molar-refractivity contribution in [2.75, 3.05) is 0 Å². The SMILES string of the molecule is O=Cc1c([N+](=O)[O-])ccc(CCCCCCC(=O)O)c1Cl. The van der Waals surface area contributed by atoms with Crippen LogP contribution in [0.2, 0.25) is 5.02 Å². The van der Waals surface area contributed by atoms with E-state index in [9.17, 15) is 19.7 Å². The molecule has 0 unspecified atom stereocenters. The number of aryl methyl sites for hydroxylation is 1. The molecule has 0 spiro atoms. The molecule has 0 amide bonds. The number of unbranched alkanes of at least 4 members (excludes halogenated alkanes) is 3. The monoisotopic (exact) mass is 313 g/mol. The highest BCUT2D eigenvalue weighted by Gasteiger charge is 2.18. The molecule has 0 saturated heterocycles. The van der Waals surface area contributed by atoms with Gasteiger partial charge < -0.3 is 5.11 Å². The van der Waals surface area contributed by atoms with E-state index in [0.717, 1.165) is 19.3 Å². The predicted molar refractivity (Wildman–Crippen MR) is 77.9 cm³/mol. The Morgan fingerprint density at radius 3 is 2.52 bits per heavy atom. The van der Waals surface area contributed by atoms with E-state index in [4.69, 9.17) is 16.7 Å². The van der Waals surface area contributed by atoms with Gasteiger partial charge in [0.2, 0.25) is 0 Å². The van der Waals surface area contributed by atoms with Crippen LogP contribution in [0.1, 0.15) is 48.0 Å². The molecule has 0 heterocycles. The number of aliphatic carboxylic acids is 1. The molecule has 0 aromatic heterocycles. The first-order valence-corrected chi connectivity index (χ1v) is 6.98. The lowest BCUT2D eigenvalue weighted by atomic mass is 10.0. The van der Waals surface area contributed by atoms with Crippen LogP contribution < -0.4 is 0 Å². The zero-order chi connectivity index (χ0) is 15.8. The molecule has 0 radical (unpaired) electrons. The number of rotatable bonds is 9. The Morgan fingerprint density at radius 1 is 1.29 bits per heavy atom. The quantitative estimate of drug-likeness (QED) is 0.325. The minimum Gasteiger partial charge on any atom is -0.481 e. The first kappa shape index (κ1) is 17.1. The summed E-state index contributed by atoms with van der Waals surface area (Å²) < 4.78 is 0. The summed E-state index contributed by atoms with van der Waals surface area (Å²) in [6, 6.07) is 2.85. The summed E-state index contributed by atoms with van der Waals surface area (Å²) in [5, 5.41) is 19.4. The van der Waals surface area contributed by atoms with Gasteiger partial charge in [-0.15, -0.1) is 0 Å². The maximum Gasteiger partial charge on any atom is 0.303 e. The average Bonchev–Trinajstić information content (AvgIpc) is 2.43. The van der Waals surface area contributed by atoms with Crippen LogP contribution >= 0.6 is 11.6 Å². The van der Waals surface area contributed by atoms with Crippen molar-refractivity contribution in [1.82, 2.24) is 0 Å². The molecule has 1 aromatic carbocycles. The lowest BCUT2D eigenvalue weighted by Crippen LogP contribution is -1.99. The second-order valence-corrected chi connectivity index (χ2v) is 5.03. The third-order valence-corrected chi connectivity index (χ3v) is 3.58. The molecule has 21 heavy (non-hydrogen) atoms. The molecule has 7 heteroatoms. The van der Waals surface area contributed by atoms with Gasteiger partial charge in [-0.2, -0.15) is 0 Å². The van der Waals surface area contributed by atoms with Gasteiger partial charge in [0, 0.05) is 12.5 Å². The summed E-state index contributed by atoms with van der Waals surface area (Å²) in [7, 11) is 0. The van der Waals surface area contributed by atoms with E-state index in [2.05, 4.69) is 0 Å². The van der Waals surface area contributed by atoms with Crippen LogP contribution in [-0.4, -0.2) is 22.3 Å². The third-order valence-electron chi connectivity index (χ3n) is 3.14. The van der Waals surface area contributed by atoms with Crippen molar-refractivity contribution in [1.29, 1.82) is 0 Å². The van der Waals surface area contributed by atoms with E-state index >= 15 is 0 Å². The number of aldehydes is 1. The second-order valence-electron chi connectivity index (χ2n) is 4.65. The van der Waals surface area contributed by atoms with Crippen molar-refractivity contribution in [2.45, 2.75) is 38.5 Å². The lowest BCUT2D eigenvalue weighted by molar-refractivity contribution is -0.385. The summed E-state index contributed by atoms with van der Waals surface area (Å²) in [5.41, 5.74) is 0.313. The molecule has 6 nitrogen and oxygen atoms in total. The number of benzene rings is 1. The molecule has 0 bridgehead atoms. The van der Waals surface area contributed by atoms with Crippen LogP contribution in [-0.2, 0) is 11.2 Å². The number of carbonyl (C=O) groups excluding carboxylic acids is 1. The molecule has 1 N–H and O–H groups in total. The standard InChI is InChI=1S/C14H16ClNO5/c15-14-10(5-3-1-2-4-6-13(18)19)7-8-12(16(20)21)11(14)9-17/h7-9H,1-6H2,(H,18,19). The molecule has 0 atom stereocenters. The van der Waals surface area contributed by atoms with E-state index in [-0.39, 0.29) is 22.7 Å². The molecular weight excluding hydrogens is 298 g/mol. The average molecular weight is 314 g/mol. The third kappa shape index (κ3) is 5.15. The maximum absolute atomic E-state index is 10.9. The highest BCUT2D eigenvalue weighted by molar-refractivity contribution is 6.34. The number of hydrogen-bond donors (Lipinski definition) is 1. The van der Waals surface area contributed by atoms with Gasteiger partial charge in [-0.05, 0) is 24.8 Å². The Labute approximate surface area is 126 Å². The summed E-state index contributed by atoms with van der Waals surface area (Å²) in [6.07, 6.45) is 4.22. The van der Waals surface area contributed by atoms with E-state index < -0.39 is 10.9 Å².